The maximum atomic E-state index is 12.5. The molecule has 25 heavy (non-hydrogen) atoms. The van der Waals surface area contributed by atoms with Gasteiger partial charge in [0.2, 0.25) is 5.91 Å². The van der Waals surface area contributed by atoms with Gasteiger partial charge in [-0.1, -0.05) is 42.0 Å². The van der Waals surface area contributed by atoms with E-state index in [2.05, 4.69) is 17.4 Å². The molecule has 0 saturated heterocycles. The number of aryl methyl sites for hydroxylation is 2. The van der Waals surface area contributed by atoms with Gasteiger partial charge in [0.25, 0.3) is 5.91 Å². The lowest BCUT2D eigenvalue weighted by atomic mass is 10.1. The largest absolute Gasteiger partial charge is 0.352 e. The maximum absolute atomic E-state index is 12.5. The molecule has 1 atom stereocenters. The Kier molecular flexibility index (Phi) is 5.17. The summed E-state index contributed by atoms with van der Waals surface area (Å²) in [6.07, 6.45) is 2.30. The van der Waals surface area contributed by atoms with Crippen molar-refractivity contribution in [2.45, 2.75) is 32.2 Å². The molecule has 2 aromatic rings. The summed E-state index contributed by atoms with van der Waals surface area (Å²) in [5.74, 6) is -0.0726. The molecule has 0 spiro atoms. The van der Waals surface area contributed by atoms with Crippen molar-refractivity contribution in [2.24, 2.45) is 0 Å². The molecule has 1 N–H and O–H groups in total. The molecule has 1 unspecified atom stereocenters. The SMILES string of the molecule is Cc1cccc(C(=O)NCCC(=O)N(C)C2CCc3ccccc32)c1. The van der Waals surface area contributed by atoms with Gasteiger partial charge in [0.1, 0.15) is 0 Å². The fraction of sp³-hybridized carbons (Fsp3) is 0.333. The van der Waals surface area contributed by atoms with Crippen LogP contribution in [-0.4, -0.2) is 30.3 Å². The molecule has 4 heteroatoms. The number of hydrogen-bond acceptors (Lipinski definition) is 2. The number of nitrogens with zero attached hydrogens (tertiary/aromatic N) is 1. The average Bonchev–Trinajstić information content (AvgIpc) is 3.05. The molecule has 130 valence electrons. The molecule has 0 radical (unpaired) electrons. The van der Waals surface area contributed by atoms with Gasteiger partial charge in [-0.25, -0.2) is 0 Å². The summed E-state index contributed by atoms with van der Waals surface area (Å²) in [6.45, 7) is 2.30. The van der Waals surface area contributed by atoms with Crippen LogP contribution in [0, 0.1) is 6.92 Å². The third-order valence-corrected chi connectivity index (χ3v) is 4.87. The van der Waals surface area contributed by atoms with Gasteiger partial charge in [-0.2, -0.15) is 0 Å². The summed E-state index contributed by atoms with van der Waals surface area (Å²) in [5.41, 5.74) is 4.26. The van der Waals surface area contributed by atoms with Crippen molar-refractivity contribution in [3.05, 3.63) is 70.8 Å². The average molecular weight is 336 g/mol. The Morgan fingerprint density at radius 1 is 1.16 bits per heavy atom. The van der Waals surface area contributed by atoms with Crippen molar-refractivity contribution in [3.8, 4) is 0 Å². The molecule has 0 bridgehead atoms. The fourth-order valence-corrected chi connectivity index (χ4v) is 3.46. The van der Waals surface area contributed by atoms with Crippen molar-refractivity contribution in [2.75, 3.05) is 13.6 Å². The van der Waals surface area contributed by atoms with E-state index in [0.717, 1.165) is 18.4 Å². The van der Waals surface area contributed by atoms with E-state index in [0.29, 0.717) is 18.5 Å². The lowest BCUT2D eigenvalue weighted by Crippen LogP contribution is -2.34. The Labute approximate surface area is 148 Å². The highest BCUT2D eigenvalue weighted by atomic mass is 16.2. The van der Waals surface area contributed by atoms with Crippen molar-refractivity contribution in [3.63, 3.8) is 0 Å². The number of hydrogen-bond donors (Lipinski definition) is 1. The van der Waals surface area contributed by atoms with Gasteiger partial charge in [-0.3, -0.25) is 9.59 Å². The minimum Gasteiger partial charge on any atom is -0.352 e. The van der Waals surface area contributed by atoms with E-state index in [1.54, 1.807) is 6.07 Å². The zero-order valence-corrected chi connectivity index (χ0v) is 14.8. The predicted molar refractivity (Wildman–Crippen MR) is 98.4 cm³/mol. The normalized spacial score (nSPS) is 15.5. The molecular formula is C21H24N2O2. The third-order valence-electron chi connectivity index (χ3n) is 4.87. The number of benzene rings is 2. The van der Waals surface area contributed by atoms with E-state index in [4.69, 9.17) is 0 Å². The van der Waals surface area contributed by atoms with Crippen LogP contribution in [0.3, 0.4) is 0 Å². The highest BCUT2D eigenvalue weighted by Gasteiger charge is 2.27. The number of amides is 2. The van der Waals surface area contributed by atoms with E-state index >= 15 is 0 Å². The molecular weight excluding hydrogens is 312 g/mol. The lowest BCUT2D eigenvalue weighted by molar-refractivity contribution is -0.131. The maximum Gasteiger partial charge on any atom is 0.251 e. The first-order valence-corrected chi connectivity index (χ1v) is 8.74. The fourth-order valence-electron chi connectivity index (χ4n) is 3.46. The highest BCUT2D eigenvalue weighted by molar-refractivity contribution is 5.94. The summed E-state index contributed by atoms with van der Waals surface area (Å²) in [7, 11) is 1.86. The van der Waals surface area contributed by atoms with Gasteiger partial charge in [0.15, 0.2) is 0 Å². The number of fused-ring (bicyclic) bond motifs is 1. The van der Waals surface area contributed by atoms with Crippen LogP contribution >= 0.6 is 0 Å². The standard InChI is InChI=1S/C21H24N2O2/c1-15-6-5-8-17(14-15)21(25)22-13-12-20(24)23(2)19-11-10-16-7-3-4-9-18(16)19/h3-9,14,19H,10-13H2,1-2H3,(H,22,25). The van der Waals surface area contributed by atoms with E-state index < -0.39 is 0 Å². The summed E-state index contributed by atoms with van der Waals surface area (Å²) in [4.78, 5) is 26.4. The minimum absolute atomic E-state index is 0.0613. The third kappa shape index (κ3) is 3.90. The van der Waals surface area contributed by atoms with Crippen LogP contribution in [0.15, 0.2) is 48.5 Å². The summed E-state index contributed by atoms with van der Waals surface area (Å²) in [5, 5.41) is 2.84. The molecule has 0 aliphatic heterocycles. The quantitative estimate of drug-likeness (QED) is 0.911. The first kappa shape index (κ1) is 17.2. The van der Waals surface area contributed by atoms with Crippen LogP contribution in [-0.2, 0) is 11.2 Å². The van der Waals surface area contributed by atoms with Crippen molar-refractivity contribution >= 4 is 11.8 Å². The van der Waals surface area contributed by atoms with Gasteiger partial charge < -0.3 is 10.2 Å². The van der Waals surface area contributed by atoms with Crippen LogP contribution < -0.4 is 5.32 Å². The van der Waals surface area contributed by atoms with Gasteiger partial charge in [-0.15, -0.1) is 0 Å². The molecule has 0 saturated carbocycles. The van der Waals surface area contributed by atoms with Crippen LogP contribution in [0.25, 0.3) is 0 Å². The first-order chi connectivity index (χ1) is 12.1. The zero-order valence-electron chi connectivity index (χ0n) is 14.8. The number of carbonyl (C=O) groups excluding carboxylic acids is 2. The van der Waals surface area contributed by atoms with Crippen molar-refractivity contribution < 1.29 is 9.59 Å². The van der Waals surface area contributed by atoms with E-state index in [1.807, 2.05) is 49.2 Å². The Morgan fingerprint density at radius 3 is 2.76 bits per heavy atom. The Morgan fingerprint density at radius 2 is 1.96 bits per heavy atom. The highest BCUT2D eigenvalue weighted by Crippen LogP contribution is 2.34. The molecule has 0 aromatic heterocycles. The second-order valence-electron chi connectivity index (χ2n) is 6.63. The molecule has 3 rings (SSSR count). The van der Waals surface area contributed by atoms with Crippen molar-refractivity contribution in [1.82, 2.24) is 10.2 Å². The molecule has 0 fully saturated rings. The summed E-state index contributed by atoms with van der Waals surface area (Å²) < 4.78 is 0. The lowest BCUT2D eigenvalue weighted by Gasteiger charge is -2.25. The second kappa shape index (κ2) is 7.51. The first-order valence-electron chi connectivity index (χ1n) is 8.74. The van der Waals surface area contributed by atoms with Gasteiger partial charge in [0, 0.05) is 25.6 Å². The number of carbonyl (C=O) groups is 2. The van der Waals surface area contributed by atoms with Gasteiger partial charge >= 0.3 is 0 Å². The monoisotopic (exact) mass is 336 g/mol. The molecule has 1 aliphatic rings. The van der Waals surface area contributed by atoms with Gasteiger partial charge in [0.05, 0.1) is 6.04 Å². The molecule has 0 heterocycles. The van der Waals surface area contributed by atoms with Crippen LogP contribution in [0.5, 0.6) is 0 Å². The summed E-state index contributed by atoms with van der Waals surface area (Å²) >= 11 is 0. The molecule has 4 nitrogen and oxygen atoms in total. The Bertz CT molecular complexity index is 785. The predicted octanol–water partition coefficient (Wildman–Crippen LogP) is 3.26. The number of rotatable bonds is 5. The van der Waals surface area contributed by atoms with E-state index in [9.17, 15) is 9.59 Å². The van der Waals surface area contributed by atoms with Crippen molar-refractivity contribution in [1.29, 1.82) is 0 Å². The topological polar surface area (TPSA) is 49.4 Å². The molecule has 2 amide bonds. The molecule has 2 aromatic carbocycles. The summed E-state index contributed by atoms with van der Waals surface area (Å²) in [6, 6.07) is 15.9. The molecule has 1 aliphatic carbocycles. The second-order valence-corrected chi connectivity index (χ2v) is 6.63. The van der Waals surface area contributed by atoms with Crippen LogP contribution in [0.1, 0.15) is 45.9 Å². The van der Waals surface area contributed by atoms with E-state index in [-0.39, 0.29) is 17.9 Å². The zero-order chi connectivity index (χ0) is 17.8. The minimum atomic E-state index is -0.134. The van der Waals surface area contributed by atoms with Crippen LogP contribution in [0.4, 0.5) is 0 Å². The van der Waals surface area contributed by atoms with E-state index in [1.165, 1.54) is 11.1 Å². The van der Waals surface area contributed by atoms with Gasteiger partial charge in [-0.05, 0) is 43.0 Å². The van der Waals surface area contributed by atoms with Crippen LogP contribution in [0.2, 0.25) is 0 Å². The smallest absolute Gasteiger partial charge is 0.251 e. The Balaban J connectivity index is 1.52. The Hall–Kier alpha value is -2.62. The number of nitrogens with one attached hydrogen (secondary N) is 1.